The van der Waals surface area contributed by atoms with E-state index in [9.17, 15) is 10.1 Å². The van der Waals surface area contributed by atoms with Crippen molar-refractivity contribution in [2.75, 3.05) is 5.32 Å². The predicted octanol–water partition coefficient (Wildman–Crippen LogP) is 2.57. The maximum Gasteiger partial charge on any atom is 0.345 e. The molecule has 1 heterocycles. The molecule has 0 saturated heterocycles. The molecule has 0 aromatic carbocycles. The van der Waals surface area contributed by atoms with E-state index in [1.165, 1.54) is 6.20 Å². The minimum atomic E-state index is -0.413. The van der Waals surface area contributed by atoms with Crippen molar-refractivity contribution in [1.82, 2.24) is 4.98 Å². The average Bonchev–Trinajstić information content (AvgIpc) is 2.68. The molecule has 1 N–H and O–H groups in total. The number of rotatable bonds is 3. The van der Waals surface area contributed by atoms with Crippen molar-refractivity contribution in [2.24, 2.45) is 0 Å². The molecule has 0 aliphatic heterocycles. The van der Waals surface area contributed by atoms with E-state index < -0.39 is 4.92 Å². The third-order valence-electron chi connectivity index (χ3n) is 2.27. The second-order valence-electron chi connectivity index (χ2n) is 3.39. The molecular weight excluding hydrogens is 214 g/mol. The van der Waals surface area contributed by atoms with Crippen LogP contribution in [0.2, 0.25) is 0 Å². The molecule has 1 aromatic rings. The van der Waals surface area contributed by atoms with E-state index >= 15 is 0 Å². The number of hydrogen-bond donors (Lipinski definition) is 1. The monoisotopic (exact) mass is 225 g/mol. The molecule has 2 rings (SSSR count). The zero-order chi connectivity index (χ0) is 10.7. The Kier molecular flexibility index (Phi) is 2.96. The first-order valence-corrected chi connectivity index (χ1v) is 5.59. The van der Waals surface area contributed by atoms with Gasteiger partial charge in [-0.3, -0.25) is 10.1 Å². The Morgan fingerprint density at radius 2 is 2.47 bits per heavy atom. The number of nitrogens with one attached hydrogen (secondary N) is 1. The van der Waals surface area contributed by atoms with Gasteiger partial charge in [0.05, 0.1) is 4.92 Å². The summed E-state index contributed by atoms with van der Waals surface area (Å²) >= 11 is 1.09. The summed E-state index contributed by atoms with van der Waals surface area (Å²) in [5.41, 5.74) is 0. The molecule has 1 unspecified atom stereocenters. The van der Waals surface area contributed by atoms with E-state index in [1.54, 1.807) is 0 Å². The second-order valence-corrected chi connectivity index (χ2v) is 4.40. The fraction of sp³-hybridized carbons (Fsp3) is 0.444. The van der Waals surface area contributed by atoms with Crippen LogP contribution in [0.5, 0.6) is 0 Å². The topological polar surface area (TPSA) is 68.1 Å². The Balaban J connectivity index is 1.98. The first kappa shape index (κ1) is 10.1. The normalized spacial score (nSPS) is 20.1. The van der Waals surface area contributed by atoms with Gasteiger partial charge in [-0.25, -0.2) is 4.98 Å². The molecule has 1 aliphatic rings. The molecule has 0 bridgehead atoms. The summed E-state index contributed by atoms with van der Waals surface area (Å²) < 4.78 is 0. The Morgan fingerprint density at radius 3 is 3.07 bits per heavy atom. The lowest BCUT2D eigenvalue weighted by Crippen LogP contribution is -2.19. The molecule has 1 atom stereocenters. The van der Waals surface area contributed by atoms with Crippen molar-refractivity contribution in [1.29, 1.82) is 0 Å². The summed E-state index contributed by atoms with van der Waals surface area (Å²) in [7, 11) is 0. The highest BCUT2D eigenvalue weighted by atomic mass is 32.1. The zero-order valence-corrected chi connectivity index (χ0v) is 8.87. The molecule has 15 heavy (non-hydrogen) atoms. The van der Waals surface area contributed by atoms with Crippen LogP contribution in [0.15, 0.2) is 18.3 Å². The first-order chi connectivity index (χ1) is 7.25. The van der Waals surface area contributed by atoms with Crippen molar-refractivity contribution in [3.8, 4) is 0 Å². The van der Waals surface area contributed by atoms with Crippen molar-refractivity contribution < 1.29 is 4.92 Å². The molecule has 0 fully saturated rings. The number of anilines is 1. The summed E-state index contributed by atoms with van der Waals surface area (Å²) in [4.78, 5) is 14.0. The number of nitro groups is 1. The van der Waals surface area contributed by atoms with Crippen LogP contribution < -0.4 is 5.32 Å². The van der Waals surface area contributed by atoms with E-state index in [1.807, 2.05) is 0 Å². The van der Waals surface area contributed by atoms with Gasteiger partial charge in [0, 0.05) is 6.04 Å². The lowest BCUT2D eigenvalue weighted by atomic mass is 10.0. The Morgan fingerprint density at radius 1 is 1.60 bits per heavy atom. The maximum atomic E-state index is 10.4. The molecule has 0 spiro atoms. The summed E-state index contributed by atoms with van der Waals surface area (Å²) in [6.45, 7) is 0. The smallest absolute Gasteiger partial charge is 0.345 e. The highest BCUT2D eigenvalue weighted by molar-refractivity contribution is 7.18. The number of aromatic nitrogens is 1. The van der Waals surface area contributed by atoms with Gasteiger partial charge < -0.3 is 5.32 Å². The van der Waals surface area contributed by atoms with Gasteiger partial charge in [-0.15, -0.1) is 0 Å². The minimum absolute atomic E-state index is 0.0869. The van der Waals surface area contributed by atoms with Crippen molar-refractivity contribution in [3.05, 3.63) is 28.5 Å². The third-order valence-corrected chi connectivity index (χ3v) is 3.15. The van der Waals surface area contributed by atoms with E-state index in [2.05, 4.69) is 22.5 Å². The fourth-order valence-electron chi connectivity index (χ4n) is 1.52. The zero-order valence-electron chi connectivity index (χ0n) is 8.05. The molecule has 1 aliphatic carbocycles. The third kappa shape index (κ3) is 2.53. The molecule has 0 radical (unpaired) electrons. The average molecular weight is 225 g/mol. The Hall–Kier alpha value is -1.43. The van der Waals surface area contributed by atoms with E-state index in [0.29, 0.717) is 11.2 Å². The van der Waals surface area contributed by atoms with E-state index in [0.717, 1.165) is 30.6 Å². The predicted molar refractivity (Wildman–Crippen MR) is 59.2 cm³/mol. The van der Waals surface area contributed by atoms with Gasteiger partial charge in [0.15, 0.2) is 5.13 Å². The van der Waals surface area contributed by atoms with Crippen LogP contribution in [0.1, 0.15) is 19.3 Å². The lowest BCUT2D eigenvalue weighted by molar-refractivity contribution is -0.380. The van der Waals surface area contributed by atoms with Gasteiger partial charge in [-0.1, -0.05) is 12.2 Å². The number of nitrogens with zero attached hydrogens (tertiary/aromatic N) is 2. The number of hydrogen-bond acceptors (Lipinski definition) is 5. The van der Waals surface area contributed by atoms with Crippen LogP contribution in [-0.2, 0) is 0 Å². The fourth-order valence-corrected chi connectivity index (χ4v) is 2.23. The Bertz CT molecular complexity index is 388. The summed E-state index contributed by atoms with van der Waals surface area (Å²) in [5.74, 6) is 0. The molecular formula is C9H11N3O2S. The van der Waals surface area contributed by atoms with Crippen LogP contribution in [0, 0.1) is 10.1 Å². The summed E-state index contributed by atoms with van der Waals surface area (Å²) in [6.07, 6.45) is 8.67. The first-order valence-electron chi connectivity index (χ1n) is 4.77. The van der Waals surface area contributed by atoms with Gasteiger partial charge in [0.2, 0.25) is 0 Å². The lowest BCUT2D eigenvalue weighted by Gasteiger charge is -2.18. The van der Waals surface area contributed by atoms with E-state index in [-0.39, 0.29) is 5.00 Å². The van der Waals surface area contributed by atoms with Crippen LogP contribution in [-0.4, -0.2) is 15.9 Å². The molecule has 0 saturated carbocycles. The van der Waals surface area contributed by atoms with Crippen LogP contribution in [0.3, 0.4) is 0 Å². The maximum absolute atomic E-state index is 10.4. The molecule has 0 amide bonds. The van der Waals surface area contributed by atoms with Gasteiger partial charge in [-0.05, 0) is 30.6 Å². The Labute approximate surface area is 91.0 Å². The minimum Gasteiger partial charge on any atom is -0.358 e. The van der Waals surface area contributed by atoms with Gasteiger partial charge in [0.1, 0.15) is 6.20 Å². The summed E-state index contributed by atoms with van der Waals surface area (Å²) in [5, 5.41) is 14.4. The van der Waals surface area contributed by atoms with Gasteiger partial charge in [0.25, 0.3) is 0 Å². The van der Waals surface area contributed by atoms with Crippen molar-refractivity contribution in [2.45, 2.75) is 25.3 Å². The second kappa shape index (κ2) is 4.39. The summed E-state index contributed by atoms with van der Waals surface area (Å²) in [6, 6.07) is 0.362. The standard InChI is InChI=1S/C9H11N3O2S/c13-12(14)8-6-10-9(15-8)11-7-4-2-1-3-5-7/h1-2,6-7H,3-5H2,(H,10,11). The quantitative estimate of drug-likeness (QED) is 0.487. The molecule has 80 valence electrons. The highest BCUT2D eigenvalue weighted by Gasteiger charge is 2.15. The van der Waals surface area contributed by atoms with Crippen molar-refractivity contribution >= 4 is 21.5 Å². The highest BCUT2D eigenvalue weighted by Crippen LogP contribution is 2.27. The van der Waals surface area contributed by atoms with Crippen molar-refractivity contribution in [3.63, 3.8) is 0 Å². The van der Waals surface area contributed by atoms with Gasteiger partial charge >= 0.3 is 5.00 Å². The number of allylic oxidation sites excluding steroid dienone is 1. The SMILES string of the molecule is O=[N+]([O-])c1cnc(NC2CC=CCC2)s1. The van der Waals surface area contributed by atoms with Crippen LogP contribution in [0.4, 0.5) is 10.1 Å². The van der Waals surface area contributed by atoms with Gasteiger partial charge in [-0.2, -0.15) is 0 Å². The number of thiazole rings is 1. The molecule has 1 aromatic heterocycles. The molecule has 5 nitrogen and oxygen atoms in total. The molecule has 6 heteroatoms. The van der Waals surface area contributed by atoms with Crippen LogP contribution >= 0.6 is 11.3 Å². The van der Waals surface area contributed by atoms with Crippen LogP contribution in [0.25, 0.3) is 0 Å². The van der Waals surface area contributed by atoms with E-state index in [4.69, 9.17) is 0 Å². The largest absolute Gasteiger partial charge is 0.358 e.